The van der Waals surface area contributed by atoms with Crippen molar-refractivity contribution in [3.63, 3.8) is 0 Å². The molecule has 0 radical (unpaired) electrons. The van der Waals surface area contributed by atoms with Crippen LogP contribution in [0.4, 0.5) is 13.2 Å². The number of alkyl halides is 3. The molecule has 0 atom stereocenters. The SMILES string of the molecule is O=C1C=C(c2ccc(C(F)(F)F)cc2)CO1. The van der Waals surface area contributed by atoms with Gasteiger partial charge in [-0.1, -0.05) is 12.1 Å². The molecule has 16 heavy (non-hydrogen) atoms. The van der Waals surface area contributed by atoms with Crippen LogP contribution in [0.3, 0.4) is 0 Å². The zero-order chi connectivity index (χ0) is 11.8. The Balaban J connectivity index is 2.27. The van der Waals surface area contributed by atoms with Crippen LogP contribution in [0, 0.1) is 0 Å². The van der Waals surface area contributed by atoms with E-state index in [-0.39, 0.29) is 6.61 Å². The fourth-order valence-corrected chi connectivity index (χ4v) is 1.41. The summed E-state index contributed by atoms with van der Waals surface area (Å²) in [6.45, 7) is 0.115. The van der Waals surface area contributed by atoms with Gasteiger partial charge in [0.2, 0.25) is 0 Å². The van der Waals surface area contributed by atoms with Crippen molar-refractivity contribution in [3.8, 4) is 0 Å². The number of benzene rings is 1. The Morgan fingerprint density at radius 3 is 2.19 bits per heavy atom. The average molecular weight is 228 g/mol. The second-order valence-corrected chi connectivity index (χ2v) is 3.35. The van der Waals surface area contributed by atoms with Gasteiger partial charge in [0.25, 0.3) is 0 Å². The highest BCUT2D eigenvalue weighted by Gasteiger charge is 2.30. The summed E-state index contributed by atoms with van der Waals surface area (Å²) < 4.78 is 41.5. The van der Waals surface area contributed by atoms with Gasteiger partial charge in [-0.25, -0.2) is 4.79 Å². The van der Waals surface area contributed by atoms with E-state index in [0.29, 0.717) is 11.1 Å². The summed E-state index contributed by atoms with van der Waals surface area (Å²) in [4.78, 5) is 10.8. The van der Waals surface area contributed by atoms with Gasteiger partial charge in [0.05, 0.1) is 5.56 Å². The molecule has 0 saturated carbocycles. The number of ether oxygens (including phenoxy) is 1. The molecule has 0 bridgehead atoms. The van der Waals surface area contributed by atoms with Crippen LogP contribution < -0.4 is 0 Å². The third-order valence-corrected chi connectivity index (χ3v) is 2.25. The van der Waals surface area contributed by atoms with Gasteiger partial charge in [0.15, 0.2) is 0 Å². The summed E-state index contributed by atoms with van der Waals surface area (Å²) in [5.74, 6) is -0.463. The highest BCUT2D eigenvalue weighted by Crippen LogP contribution is 2.30. The molecular formula is C11H7F3O2. The molecule has 1 aromatic rings. The summed E-state index contributed by atoms with van der Waals surface area (Å²) in [6.07, 6.45) is -3.06. The van der Waals surface area contributed by atoms with E-state index in [1.807, 2.05) is 0 Å². The first-order chi connectivity index (χ1) is 7.47. The first-order valence-electron chi connectivity index (χ1n) is 4.52. The number of hydrogen-bond donors (Lipinski definition) is 0. The zero-order valence-electron chi connectivity index (χ0n) is 8.04. The van der Waals surface area contributed by atoms with Crippen LogP contribution >= 0.6 is 0 Å². The first kappa shape index (κ1) is 10.7. The summed E-state index contributed by atoms with van der Waals surface area (Å²) in [7, 11) is 0. The number of carbonyl (C=O) groups is 1. The van der Waals surface area contributed by atoms with E-state index in [9.17, 15) is 18.0 Å². The quantitative estimate of drug-likeness (QED) is 0.690. The lowest BCUT2D eigenvalue weighted by atomic mass is 10.1. The number of hydrogen-bond acceptors (Lipinski definition) is 2. The number of esters is 1. The number of rotatable bonds is 1. The smallest absolute Gasteiger partial charge is 0.416 e. The minimum Gasteiger partial charge on any atom is -0.458 e. The minimum atomic E-state index is -4.34. The maximum absolute atomic E-state index is 12.3. The van der Waals surface area contributed by atoms with E-state index < -0.39 is 17.7 Å². The van der Waals surface area contributed by atoms with Gasteiger partial charge in [-0.2, -0.15) is 13.2 Å². The lowest BCUT2D eigenvalue weighted by molar-refractivity contribution is -0.137. The Hall–Kier alpha value is -1.78. The molecule has 84 valence electrons. The van der Waals surface area contributed by atoms with E-state index in [1.54, 1.807) is 0 Å². The van der Waals surface area contributed by atoms with Crippen molar-refractivity contribution in [1.29, 1.82) is 0 Å². The molecule has 0 unspecified atom stereocenters. The summed E-state index contributed by atoms with van der Waals surface area (Å²) in [6, 6.07) is 4.63. The average Bonchev–Trinajstić information content (AvgIpc) is 2.64. The summed E-state index contributed by atoms with van der Waals surface area (Å²) >= 11 is 0. The summed E-state index contributed by atoms with van der Waals surface area (Å²) in [5.41, 5.74) is 0.458. The summed E-state index contributed by atoms with van der Waals surface area (Å²) in [5, 5.41) is 0. The van der Waals surface area contributed by atoms with E-state index in [2.05, 4.69) is 4.74 Å². The van der Waals surface area contributed by atoms with Crippen LogP contribution in [0.2, 0.25) is 0 Å². The Labute approximate surface area is 89.3 Å². The first-order valence-corrected chi connectivity index (χ1v) is 4.52. The maximum Gasteiger partial charge on any atom is 0.416 e. The predicted molar refractivity (Wildman–Crippen MR) is 50.4 cm³/mol. The van der Waals surface area contributed by atoms with Crippen LogP contribution in [-0.2, 0) is 15.7 Å². The lowest BCUT2D eigenvalue weighted by Gasteiger charge is -2.07. The third-order valence-electron chi connectivity index (χ3n) is 2.25. The topological polar surface area (TPSA) is 26.3 Å². The van der Waals surface area contributed by atoms with Gasteiger partial charge >= 0.3 is 12.1 Å². The Kier molecular flexibility index (Phi) is 2.46. The number of cyclic esters (lactones) is 1. The molecule has 2 rings (SSSR count). The van der Waals surface area contributed by atoms with Crippen LogP contribution in [0.25, 0.3) is 5.57 Å². The van der Waals surface area contributed by atoms with Gasteiger partial charge in [0.1, 0.15) is 6.61 Å². The van der Waals surface area contributed by atoms with Gasteiger partial charge in [-0.3, -0.25) is 0 Å². The van der Waals surface area contributed by atoms with Gasteiger partial charge in [-0.15, -0.1) is 0 Å². The Bertz CT molecular complexity index is 443. The highest BCUT2D eigenvalue weighted by molar-refractivity contribution is 5.95. The van der Waals surface area contributed by atoms with Crippen molar-refractivity contribution in [3.05, 3.63) is 41.5 Å². The van der Waals surface area contributed by atoms with Crippen molar-refractivity contribution in [2.24, 2.45) is 0 Å². The molecule has 1 heterocycles. The Morgan fingerprint density at radius 2 is 1.75 bits per heavy atom. The van der Waals surface area contributed by atoms with Crippen molar-refractivity contribution >= 4 is 11.5 Å². The molecule has 0 aromatic heterocycles. The second kappa shape index (κ2) is 3.66. The van der Waals surface area contributed by atoms with Gasteiger partial charge in [-0.05, 0) is 17.7 Å². The zero-order valence-corrected chi connectivity index (χ0v) is 8.04. The molecule has 0 spiro atoms. The van der Waals surface area contributed by atoms with Crippen molar-refractivity contribution < 1.29 is 22.7 Å². The van der Waals surface area contributed by atoms with Gasteiger partial charge in [0, 0.05) is 11.6 Å². The number of halogens is 3. The minimum absolute atomic E-state index is 0.115. The van der Waals surface area contributed by atoms with Crippen LogP contribution in [0.15, 0.2) is 30.3 Å². The van der Waals surface area contributed by atoms with E-state index in [1.165, 1.54) is 18.2 Å². The van der Waals surface area contributed by atoms with Crippen LogP contribution in [0.1, 0.15) is 11.1 Å². The molecule has 0 amide bonds. The molecular weight excluding hydrogens is 221 g/mol. The third kappa shape index (κ3) is 2.08. The molecule has 5 heteroatoms. The van der Waals surface area contributed by atoms with E-state index >= 15 is 0 Å². The van der Waals surface area contributed by atoms with E-state index in [4.69, 9.17) is 0 Å². The predicted octanol–water partition coefficient (Wildman–Crippen LogP) is 2.65. The van der Waals surface area contributed by atoms with Crippen molar-refractivity contribution in [2.45, 2.75) is 6.18 Å². The van der Waals surface area contributed by atoms with Crippen molar-refractivity contribution in [2.75, 3.05) is 6.61 Å². The molecule has 1 aliphatic rings. The van der Waals surface area contributed by atoms with Gasteiger partial charge < -0.3 is 4.74 Å². The Morgan fingerprint density at radius 1 is 1.12 bits per heavy atom. The molecule has 1 aromatic carbocycles. The highest BCUT2D eigenvalue weighted by atomic mass is 19.4. The molecule has 2 nitrogen and oxygen atoms in total. The maximum atomic E-state index is 12.3. The normalized spacial score (nSPS) is 15.9. The standard InChI is InChI=1S/C11H7F3O2/c12-11(13,14)9-3-1-7(2-4-9)8-5-10(15)16-6-8/h1-5H,6H2. The molecule has 0 N–H and O–H groups in total. The molecule has 0 aliphatic carbocycles. The van der Waals surface area contributed by atoms with Crippen LogP contribution in [-0.4, -0.2) is 12.6 Å². The lowest BCUT2D eigenvalue weighted by Crippen LogP contribution is -2.04. The fourth-order valence-electron chi connectivity index (χ4n) is 1.41. The molecule has 1 aliphatic heterocycles. The fraction of sp³-hybridized carbons (Fsp3) is 0.182. The molecule has 0 fully saturated rings. The van der Waals surface area contributed by atoms with E-state index in [0.717, 1.165) is 12.1 Å². The van der Waals surface area contributed by atoms with Crippen LogP contribution in [0.5, 0.6) is 0 Å². The second-order valence-electron chi connectivity index (χ2n) is 3.35. The molecule has 0 saturated heterocycles. The van der Waals surface area contributed by atoms with Crippen molar-refractivity contribution in [1.82, 2.24) is 0 Å². The number of carbonyl (C=O) groups excluding carboxylic acids is 1. The largest absolute Gasteiger partial charge is 0.458 e. The monoisotopic (exact) mass is 228 g/mol.